The van der Waals surface area contributed by atoms with E-state index >= 15 is 0 Å². The van der Waals surface area contributed by atoms with Crippen LogP contribution in [-0.2, 0) is 6.42 Å². The summed E-state index contributed by atoms with van der Waals surface area (Å²) < 4.78 is 2.25. The molecule has 0 saturated carbocycles. The Morgan fingerprint density at radius 1 is 1.11 bits per heavy atom. The third-order valence-corrected chi connectivity index (χ3v) is 4.88. The lowest BCUT2D eigenvalue weighted by Crippen LogP contribution is -2.03. The van der Waals surface area contributed by atoms with Gasteiger partial charge in [-0.3, -0.25) is 4.99 Å². The topological polar surface area (TPSA) is 54.6 Å². The van der Waals surface area contributed by atoms with Crippen LogP contribution in [-0.4, -0.2) is 21.9 Å². The van der Waals surface area contributed by atoms with Gasteiger partial charge in [-0.2, -0.15) is 0 Å². The first-order valence-corrected chi connectivity index (χ1v) is 9.07. The maximum Gasteiger partial charge on any atom is 0.335 e. The number of carboxylic acid groups (broad SMARTS) is 1. The molecule has 2 aromatic carbocycles. The van der Waals surface area contributed by atoms with Crippen molar-refractivity contribution in [3.8, 4) is 5.69 Å². The molecule has 0 bridgehead atoms. The summed E-state index contributed by atoms with van der Waals surface area (Å²) in [5, 5.41) is 9.19. The van der Waals surface area contributed by atoms with Crippen LogP contribution >= 0.6 is 0 Å². The SMILES string of the molecule is CCc1ccccc1-n1c(C)cc(C=Nc2cc(C(=O)O)ccc2C)c1C. The average Bonchev–Trinajstić information content (AvgIpc) is 2.94. The largest absolute Gasteiger partial charge is 0.478 e. The van der Waals surface area contributed by atoms with E-state index in [9.17, 15) is 9.90 Å². The van der Waals surface area contributed by atoms with E-state index in [1.165, 1.54) is 11.3 Å². The van der Waals surface area contributed by atoms with Crippen molar-refractivity contribution in [1.29, 1.82) is 0 Å². The highest BCUT2D eigenvalue weighted by molar-refractivity contribution is 5.90. The lowest BCUT2D eigenvalue weighted by molar-refractivity contribution is 0.0697. The highest BCUT2D eigenvalue weighted by Crippen LogP contribution is 2.25. The Hall–Kier alpha value is -3.14. The van der Waals surface area contributed by atoms with E-state index in [1.54, 1.807) is 18.2 Å². The van der Waals surface area contributed by atoms with Gasteiger partial charge in [0.25, 0.3) is 0 Å². The summed E-state index contributed by atoms with van der Waals surface area (Å²) in [6.07, 6.45) is 2.79. The van der Waals surface area contributed by atoms with Crippen molar-refractivity contribution in [3.05, 3.63) is 82.2 Å². The third-order valence-electron chi connectivity index (χ3n) is 4.88. The number of carbonyl (C=O) groups is 1. The maximum absolute atomic E-state index is 11.2. The van der Waals surface area contributed by atoms with Crippen LogP contribution in [0.4, 0.5) is 5.69 Å². The molecule has 27 heavy (non-hydrogen) atoms. The van der Waals surface area contributed by atoms with Crippen molar-refractivity contribution in [2.75, 3.05) is 0 Å². The molecule has 1 heterocycles. The van der Waals surface area contributed by atoms with E-state index < -0.39 is 5.97 Å². The summed E-state index contributed by atoms with van der Waals surface area (Å²) in [5.41, 5.74) is 7.64. The average molecular weight is 360 g/mol. The number of aromatic nitrogens is 1. The number of hydrogen-bond acceptors (Lipinski definition) is 2. The molecule has 3 rings (SSSR count). The van der Waals surface area contributed by atoms with E-state index in [0.29, 0.717) is 5.69 Å². The van der Waals surface area contributed by atoms with Crippen LogP contribution in [0.3, 0.4) is 0 Å². The third kappa shape index (κ3) is 3.70. The van der Waals surface area contributed by atoms with Gasteiger partial charge >= 0.3 is 5.97 Å². The Balaban J connectivity index is 2.02. The molecule has 0 fully saturated rings. The predicted molar refractivity (Wildman–Crippen MR) is 110 cm³/mol. The van der Waals surface area contributed by atoms with Crippen molar-refractivity contribution < 1.29 is 9.90 Å². The van der Waals surface area contributed by atoms with Crippen LogP contribution in [0.2, 0.25) is 0 Å². The molecule has 138 valence electrons. The van der Waals surface area contributed by atoms with E-state index in [1.807, 2.05) is 13.1 Å². The molecule has 0 aliphatic carbocycles. The number of aliphatic imine (C=N–C) groups is 1. The highest BCUT2D eigenvalue weighted by Gasteiger charge is 2.12. The lowest BCUT2D eigenvalue weighted by Gasteiger charge is -2.13. The van der Waals surface area contributed by atoms with Gasteiger partial charge in [0.05, 0.1) is 11.3 Å². The van der Waals surface area contributed by atoms with Gasteiger partial charge in [0, 0.05) is 28.9 Å². The fourth-order valence-corrected chi connectivity index (χ4v) is 3.34. The molecule has 1 N–H and O–H groups in total. The van der Waals surface area contributed by atoms with Crippen LogP contribution in [0.1, 0.15) is 45.4 Å². The van der Waals surface area contributed by atoms with Gasteiger partial charge in [0.15, 0.2) is 0 Å². The smallest absolute Gasteiger partial charge is 0.335 e. The summed E-state index contributed by atoms with van der Waals surface area (Å²) in [6.45, 7) is 8.26. The van der Waals surface area contributed by atoms with E-state index in [2.05, 4.69) is 60.7 Å². The Morgan fingerprint density at radius 3 is 2.56 bits per heavy atom. The number of hydrogen-bond donors (Lipinski definition) is 1. The minimum absolute atomic E-state index is 0.245. The van der Waals surface area contributed by atoms with Crippen LogP contribution in [0, 0.1) is 20.8 Å². The molecule has 0 aliphatic heterocycles. The van der Waals surface area contributed by atoms with Gasteiger partial charge in [0.1, 0.15) is 0 Å². The van der Waals surface area contributed by atoms with E-state index in [4.69, 9.17) is 0 Å². The molecule has 0 saturated heterocycles. The van der Waals surface area contributed by atoms with E-state index in [-0.39, 0.29) is 5.56 Å². The first-order valence-electron chi connectivity index (χ1n) is 9.07. The summed E-state index contributed by atoms with van der Waals surface area (Å²) in [7, 11) is 0. The quantitative estimate of drug-likeness (QED) is 0.618. The molecule has 0 spiro atoms. The van der Waals surface area contributed by atoms with Crippen LogP contribution in [0.15, 0.2) is 53.5 Å². The lowest BCUT2D eigenvalue weighted by atomic mass is 10.1. The van der Waals surface area contributed by atoms with Crippen molar-refractivity contribution in [2.45, 2.75) is 34.1 Å². The summed E-state index contributed by atoms with van der Waals surface area (Å²) in [6, 6.07) is 15.5. The van der Waals surface area contributed by atoms with Gasteiger partial charge in [-0.15, -0.1) is 0 Å². The maximum atomic E-state index is 11.2. The molecular formula is C23H24N2O2. The number of aromatic carboxylic acids is 1. The summed E-state index contributed by atoms with van der Waals surface area (Å²) >= 11 is 0. The number of carboxylic acids is 1. The molecule has 0 unspecified atom stereocenters. The van der Waals surface area contributed by atoms with Gasteiger partial charge in [-0.25, -0.2) is 4.79 Å². The van der Waals surface area contributed by atoms with Gasteiger partial charge in [0.2, 0.25) is 0 Å². The highest BCUT2D eigenvalue weighted by atomic mass is 16.4. The number of benzene rings is 2. The van der Waals surface area contributed by atoms with Crippen molar-refractivity contribution in [1.82, 2.24) is 4.57 Å². The summed E-state index contributed by atoms with van der Waals surface area (Å²) in [5.74, 6) is -0.944. The van der Waals surface area contributed by atoms with Gasteiger partial charge < -0.3 is 9.67 Å². The number of nitrogens with zero attached hydrogens (tertiary/aromatic N) is 2. The second kappa shape index (κ2) is 7.62. The van der Waals surface area contributed by atoms with Crippen molar-refractivity contribution >= 4 is 17.9 Å². The Labute approximate surface area is 159 Å². The second-order valence-corrected chi connectivity index (χ2v) is 6.71. The zero-order valence-corrected chi connectivity index (χ0v) is 16.2. The van der Waals surface area contributed by atoms with Crippen LogP contribution in [0.25, 0.3) is 5.69 Å². The zero-order valence-electron chi connectivity index (χ0n) is 16.2. The molecule has 0 atom stereocenters. The summed E-state index contributed by atoms with van der Waals surface area (Å²) in [4.78, 5) is 15.8. The number of aryl methyl sites for hydroxylation is 3. The Morgan fingerprint density at radius 2 is 1.85 bits per heavy atom. The molecular weight excluding hydrogens is 336 g/mol. The molecule has 3 aromatic rings. The molecule has 0 aliphatic rings. The molecule has 0 radical (unpaired) electrons. The molecule has 4 heteroatoms. The Kier molecular flexibility index (Phi) is 5.26. The second-order valence-electron chi connectivity index (χ2n) is 6.71. The first kappa shape index (κ1) is 18.6. The number of rotatable bonds is 5. The van der Waals surface area contributed by atoms with Crippen molar-refractivity contribution in [3.63, 3.8) is 0 Å². The fraction of sp³-hybridized carbons (Fsp3) is 0.217. The minimum atomic E-state index is -0.944. The number of para-hydroxylation sites is 1. The standard InChI is InChI=1S/C23H24N2O2/c1-5-18-8-6-7-9-22(18)25-16(3)12-20(17(25)4)14-24-21-13-19(23(26)27)11-10-15(21)2/h6-14H,5H2,1-4H3,(H,26,27). The molecule has 0 amide bonds. The fourth-order valence-electron chi connectivity index (χ4n) is 3.34. The molecule has 1 aromatic heterocycles. The van der Waals surface area contributed by atoms with Crippen LogP contribution in [0.5, 0.6) is 0 Å². The normalized spacial score (nSPS) is 11.3. The zero-order chi connectivity index (χ0) is 19.6. The van der Waals surface area contributed by atoms with Crippen molar-refractivity contribution in [2.24, 2.45) is 4.99 Å². The monoisotopic (exact) mass is 360 g/mol. The minimum Gasteiger partial charge on any atom is -0.478 e. The van der Waals surface area contributed by atoms with E-state index in [0.717, 1.165) is 28.9 Å². The molecule has 4 nitrogen and oxygen atoms in total. The van der Waals surface area contributed by atoms with Gasteiger partial charge in [-0.05, 0) is 62.6 Å². The first-order chi connectivity index (χ1) is 12.9. The predicted octanol–water partition coefficient (Wildman–Crippen LogP) is 5.41. The Bertz CT molecular complexity index is 1030. The van der Waals surface area contributed by atoms with Gasteiger partial charge in [-0.1, -0.05) is 31.2 Å². The van der Waals surface area contributed by atoms with Crippen LogP contribution < -0.4 is 0 Å².